The monoisotopic (exact) mass is 262 g/mol. The summed E-state index contributed by atoms with van der Waals surface area (Å²) in [6, 6.07) is 7.24. The zero-order valence-electron chi connectivity index (χ0n) is 10.1. The molecule has 1 saturated carbocycles. The van der Waals surface area contributed by atoms with E-state index in [2.05, 4.69) is 0 Å². The molecule has 1 aliphatic carbocycles. The van der Waals surface area contributed by atoms with Crippen LogP contribution in [0.3, 0.4) is 0 Å². The van der Waals surface area contributed by atoms with E-state index in [-0.39, 0.29) is 11.7 Å². The van der Waals surface area contributed by atoms with Crippen molar-refractivity contribution in [2.45, 2.75) is 32.1 Å². The molecule has 94 valence electrons. The van der Waals surface area contributed by atoms with Gasteiger partial charge in [0.25, 0.3) is 0 Å². The molecule has 0 radical (unpaired) electrons. The number of furan rings is 1. The van der Waals surface area contributed by atoms with Gasteiger partial charge in [-0.2, -0.15) is 0 Å². The van der Waals surface area contributed by atoms with Gasteiger partial charge in [0.2, 0.25) is 5.78 Å². The first-order valence-electron chi connectivity index (χ1n) is 6.47. The predicted octanol–water partition coefficient (Wildman–Crippen LogP) is 4.85. The number of fused-ring (bicyclic) bond motifs is 1. The van der Waals surface area contributed by atoms with Crippen molar-refractivity contribution in [2.75, 3.05) is 0 Å². The summed E-state index contributed by atoms with van der Waals surface area (Å²) in [5.74, 6) is 0.788. The van der Waals surface area contributed by atoms with E-state index in [1.54, 1.807) is 6.07 Å². The molecule has 0 saturated heterocycles. The van der Waals surface area contributed by atoms with E-state index < -0.39 is 0 Å². The third kappa shape index (κ3) is 2.17. The summed E-state index contributed by atoms with van der Waals surface area (Å²) in [6.45, 7) is 0. The molecule has 1 heterocycles. The maximum Gasteiger partial charge on any atom is 0.201 e. The second-order valence-electron chi connectivity index (χ2n) is 4.99. The SMILES string of the molecule is O=C(c1cc2cc(Cl)ccc2o1)C1CCCCC1. The molecule has 2 nitrogen and oxygen atoms in total. The molecule has 1 aliphatic rings. The minimum absolute atomic E-state index is 0.148. The molecule has 3 heteroatoms. The number of halogens is 1. The van der Waals surface area contributed by atoms with Crippen molar-refractivity contribution < 1.29 is 9.21 Å². The van der Waals surface area contributed by atoms with Crippen LogP contribution in [0.2, 0.25) is 5.02 Å². The van der Waals surface area contributed by atoms with Crippen molar-refractivity contribution >= 4 is 28.4 Å². The van der Waals surface area contributed by atoms with Crippen LogP contribution in [0.4, 0.5) is 0 Å². The van der Waals surface area contributed by atoms with E-state index >= 15 is 0 Å². The summed E-state index contributed by atoms with van der Waals surface area (Å²) in [6.07, 6.45) is 5.55. The standard InChI is InChI=1S/C15H15ClO2/c16-12-6-7-13-11(8-12)9-14(18-13)15(17)10-4-2-1-3-5-10/h6-10H,1-5H2. The molecule has 1 aromatic heterocycles. The Kier molecular flexibility index (Phi) is 3.13. The fourth-order valence-corrected chi connectivity index (χ4v) is 2.88. The van der Waals surface area contributed by atoms with Gasteiger partial charge >= 0.3 is 0 Å². The highest BCUT2D eigenvalue weighted by Gasteiger charge is 2.24. The van der Waals surface area contributed by atoms with Gasteiger partial charge in [-0.25, -0.2) is 0 Å². The van der Waals surface area contributed by atoms with E-state index in [0.717, 1.165) is 36.7 Å². The van der Waals surface area contributed by atoms with Crippen LogP contribution in [0.25, 0.3) is 11.0 Å². The third-order valence-corrected chi connectivity index (χ3v) is 3.93. The van der Waals surface area contributed by atoms with Gasteiger partial charge in [0.05, 0.1) is 0 Å². The lowest BCUT2D eigenvalue weighted by Gasteiger charge is -2.18. The van der Waals surface area contributed by atoms with Gasteiger partial charge in [-0.1, -0.05) is 30.9 Å². The highest BCUT2D eigenvalue weighted by atomic mass is 35.5. The average Bonchev–Trinajstić information content (AvgIpc) is 2.81. The first-order valence-corrected chi connectivity index (χ1v) is 6.85. The molecule has 0 aliphatic heterocycles. The van der Waals surface area contributed by atoms with Gasteiger partial charge in [-0.3, -0.25) is 4.79 Å². The second-order valence-corrected chi connectivity index (χ2v) is 5.43. The third-order valence-electron chi connectivity index (χ3n) is 3.70. The minimum atomic E-state index is 0.148. The molecule has 18 heavy (non-hydrogen) atoms. The molecule has 2 aromatic rings. The number of benzene rings is 1. The normalized spacial score (nSPS) is 17.2. The Morgan fingerprint density at radius 2 is 1.94 bits per heavy atom. The zero-order valence-corrected chi connectivity index (χ0v) is 10.9. The quantitative estimate of drug-likeness (QED) is 0.724. The minimum Gasteiger partial charge on any atom is -0.453 e. The summed E-state index contributed by atoms with van der Waals surface area (Å²) in [4.78, 5) is 12.3. The van der Waals surface area contributed by atoms with Crippen LogP contribution < -0.4 is 0 Å². The molecule has 0 bridgehead atoms. The van der Waals surface area contributed by atoms with E-state index in [4.69, 9.17) is 16.0 Å². The van der Waals surface area contributed by atoms with Crippen LogP contribution in [0.5, 0.6) is 0 Å². The number of carbonyl (C=O) groups is 1. The number of rotatable bonds is 2. The first kappa shape index (κ1) is 11.8. The molecule has 0 spiro atoms. The molecule has 1 fully saturated rings. The fourth-order valence-electron chi connectivity index (χ4n) is 2.70. The van der Waals surface area contributed by atoms with Crippen molar-refractivity contribution in [1.82, 2.24) is 0 Å². The molecular weight excluding hydrogens is 248 g/mol. The van der Waals surface area contributed by atoms with Crippen molar-refractivity contribution in [3.05, 3.63) is 35.0 Å². The van der Waals surface area contributed by atoms with Gasteiger partial charge in [0.1, 0.15) is 5.58 Å². The summed E-state index contributed by atoms with van der Waals surface area (Å²) < 4.78 is 5.63. The molecule has 3 rings (SSSR count). The van der Waals surface area contributed by atoms with Gasteiger partial charge < -0.3 is 4.42 Å². The smallest absolute Gasteiger partial charge is 0.201 e. The number of ketones is 1. The molecule has 0 unspecified atom stereocenters. The van der Waals surface area contributed by atoms with E-state index in [1.807, 2.05) is 18.2 Å². The number of hydrogen-bond acceptors (Lipinski definition) is 2. The molecule has 0 atom stereocenters. The predicted molar refractivity (Wildman–Crippen MR) is 72.1 cm³/mol. The van der Waals surface area contributed by atoms with Gasteiger partial charge in [0.15, 0.2) is 5.76 Å². The fraction of sp³-hybridized carbons (Fsp3) is 0.400. The second kappa shape index (κ2) is 4.77. The largest absolute Gasteiger partial charge is 0.453 e. The summed E-state index contributed by atoms with van der Waals surface area (Å²) in [7, 11) is 0. The van der Waals surface area contributed by atoms with E-state index in [9.17, 15) is 4.79 Å². The van der Waals surface area contributed by atoms with Crippen molar-refractivity contribution in [1.29, 1.82) is 0 Å². The first-order chi connectivity index (χ1) is 8.74. The van der Waals surface area contributed by atoms with Crippen LogP contribution >= 0.6 is 11.6 Å². The summed E-state index contributed by atoms with van der Waals surface area (Å²) >= 11 is 5.93. The van der Waals surface area contributed by atoms with Crippen LogP contribution in [-0.4, -0.2) is 5.78 Å². The van der Waals surface area contributed by atoms with E-state index in [0.29, 0.717) is 10.8 Å². The van der Waals surface area contributed by atoms with Crippen molar-refractivity contribution in [2.24, 2.45) is 5.92 Å². The van der Waals surface area contributed by atoms with Gasteiger partial charge in [0, 0.05) is 16.3 Å². The Morgan fingerprint density at radius 1 is 1.17 bits per heavy atom. The Morgan fingerprint density at radius 3 is 2.72 bits per heavy atom. The number of carbonyl (C=O) groups excluding carboxylic acids is 1. The van der Waals surface area contributed by atoms with Crippen molar-refractivity contribution in [3.63, 3.8) is 0 Å². The molecule has 1 aromatic carbocycles. The van der Waals surface area contributed by atoms with Crippen LogP contribution in [0.1, 0.15) is 42.7 Å². The van der Waals surface area contributed by atoms with Gasteiger partial charge in [-0.15, -0.1) is 0 Å². The zero-order chi connectivity index (χ0) is 12.5. The topological polar surface area (TPSA) is 30.2 Å². The lowest BCUT2D eigenvalue weighted by molar-refractivity contribution is 0.0863. The Bertz CT molecular complexity index is 579. The number of hydrogen-bond donors (Lipinski definition) is 0. The van der Waals surface area contributed by atoms with Crippen LogP contribution in [0, 0.1) is 5.92 Å². The average molecular weight is 263 g/mol. The number of Topliss-reactive ketones (excluding diaryl/α,β-unsaturated/α-hetero) is 1. The maximum absolute atomic E-state index is 12.3. The van der Waals surface area contributed by atoms with Crippen LogP contribution in [-0.2, 0) is 0 Å². The molecular formula is C15H15ClO2. The lowest BCUT2D eigenvalue weighted by atomic mass is 9.85. The molecule has 0 amide bonds. The van der Waals surface area contributed by atoms with E-state index in [1.165, 1.54) is 6.42 Å². The Balaban J connectivity index is 1.91. The van der Waals surface area contributed by atoms with Crippen molar-refractivity contribution in [3.8, 4) is 0 Å². The maximum atomic E-state index is 12.3. The Labute approximate surface area is 111 Å². The highest BCUT2D eigenvalue weighted by molar-refractivity contribution is 6.31. The molecule has 0 N–H and O–H groups in total. The highest BCUT2D eigenvalue weighted by Crippen LogP contribution is 2.30. The lowest BCUT2D eigenvalue weighted by Crippen LogP contribution is -2.17. The van der Waals surface area contributed by atoms with Crippen LogP contribution in [0.15, 0.2) is 28.7 Å². The Hall–Kier alpha value is -1.28. The van der Waals surface area contributed by atoms with Gasteiger partial charge in [-0.05, 0) is 37.1 Å². The summed E-state index contributed by atoms with van der Waals surface area (Å²) in [5, 5.41) is 1.57. The summed E-state index contributed by atoms with van der Waals surface area (Å²) in [5.41, 5.74) is 0.735.